The minimum Gasteiger partial charge on any atom is -0.497 e. The molecule has 1 atom stereocenters. The number of anilines is 1. The standard InChI is InChI=1S/C19H23N3O4/c1-13(21-16-7-5-6-8-17(16)25-3)19(23)22-20-12-14-9-10-15(24-2)11-18(14)26-4/h5-13,21H,1-4H3,(H,22,23)/b20-12+. The summed E-state index contributed by atoms with van der Waals surface area (Å²) in [7, 11) is 4.72. The van der Waals surface area contributed by atoms with E-state index in [1.807, 2.05) is 24.3 Å². The van der Waals surface area contributed by atoms with Gasteiger partial charge in [0, 0.05) is 11.6 Å². The summed E-state index contributed by atoms with van der Waals surface area (Å²) in [6.07, 6.45) is 1.52. The number of hydrogen-bond donors (Lipinski definition) is 2. The number of para-hydroxylation sites is 2. The summed E-state index contributed by atoms with van der Waals surface area (Å²) in [6, 6.07) is 12.2. The molecule has 2 aromatic rings. The number of nitrogens with zero attached hydrogens (tertiary/aromatic N) is 1. The molecule has 1 unspecified atom stereocenters. The van der Waals surface area contributed by atoms with Crippen LogP contribution in [0.25, 0.3) is 0 Å². The van der Waals surface area contributed by atoms with E-state index in [-0.39, 0.29) is 5.91 Å². The number of nitrogens with one attached hydrogen (secondary N) is 2. The highest BCUT2D eigenvalue weighted by molar-refractivity contribution is 5.88. The van der Waals surface area contributed by atoms with Crippen molar-refractivity contribution in [1.82, 2.24) is 5.43 Å². The molecule has 0 fully saturated rings. The molecule has 0 spiro atoms. The molecule has 0 radical (unpaired) electrons. The third kappa shape index (κ3) is 4.89. The lowest BCUT2D eigenvalue weighted by Crippen LogP contribution is -2.35. The Morgan fingerprint density at radius 1 is 1.04 bits per heavy atom. The number of carbonyl (C=O) groups is 1. The summed E-state index contributed by atoms with van der Waals surface area (Å²) >= 11 is 0. The first-order valence-electron chi connectivity index (χ1n) is 8.03. The number of ether oxygens (including phenoxy) is 3. The van der Waals surface area contributed by atoms with Crippen LogP contribution in [-0.2, 0) is 4.79 Å². The van der Waals surface area contributed by atoms with Crippen molar-refractivity contribution in [3.8, 4) is 17.2 Å². The fraction of sp³-hybridized carbons (Fsp3) is 0.263. The van der Waals surface area contributed by atoms with Gasteiger partial charge < -0.3 is 19.5 Å². The van der Waals surface area contributed by atoms with Gasteiger partial charge in [-0.3, -0.25) is 4.79 Å². The lowest BCUT2D eigenvalue weighted by atomic mass is 10.2. The van der Waals surface area contributed by atoms with E-state index in [1.54, 1.807) is 46.5 Å². The Balaban J connectivity index is 1.98. The highest BCUT2D eigenvalue weighted by Gasteiger charge is 2.13. The molecule has 138 valence electrons. The van der Waals surface area contributed by atoms with Crippen molar-refractivity contribution in [3.63, 3.8) is 0 Å². The number of hydrogen-bond acceptors (Lipinski definition) is 6. The molecule has 0 heterocycles. The molecule has 0 saturated heterocycles. The van der Waals surface area contributed by atoms with Gasteiger partial charge in [-0.2, -0.15) is 5.10 Å². The van der Waals surface area contributed by atoms with E-state index in [9.17, 15) is 4.79 Å². The summed E-state index contributed by atoms with van der Waals surface area (Å²) in [6.45, 7) is 1.74. The zero-order valence-electron chi connectivity index (χ0n) is 15.3. The fourth-order valence-electron chi connectivity index (χ4n) is 2.25. The summed E-state index contributed by atoms with van der Waals surface area (Å²) < 4.78 is 15.7. The molecule has 0 aliphatic rings. The van der Waals surface area contributed by atoms with Gasteiger partial charge in [-0.25, -0.2) is 5.43 Å². The van der Waals surface area contributed by atoms with Crippen molar-refractivity contribution in [3.05, 3.63) is 48.0 Å². The molecule has 2 N–H and O–H groups in total. The van der Waals surface area contributed by atoms with Crippen LogP contribution in [-0.4, -0.2) is 39.5 Å². The van der Waals surface area contributed by atoms with Gasteiger partial charge in [0.25, 0.3) is 5.91 Å². The molecule has 0 aromatic heterocycles. The van der Waals surface area contributed by atoms with E-state index >= 15 is 0 Å². The van der Waals surface area contributed by atoms with E-state index in [4.69, 9.17) is 14.2 Å². The molecular formula is C19H23N3O4. The molecule has 2 rings (SSSR count). The molecule has 7 heteroatoms. The lowest BCUT2D eigenvalue weighted by molar-refractivity contribution is -0.121. The Morgan fingerprint density at radius 3 is 2.46 bits per heavy atom. The quantitative estimate of drug-likeness (QED) is 0.561. The van der Waals surface area contributed by atoms with Crippen molar-refractivity contribution < 1.29 is 19.0 Å². The van der Waals surface area contributed by atoms with Crippen LogP contribution in [0, 0.1) is 0 Å². The van der Waals surface area contributed by atoms with Crippen LogP contribution in [0.1, 0.15) is 12.5 Å². The van der Waals surface area contributed by atoms with Crippen LogP contribution in [0.3, 0.4) is 0 Å². The maximum absolute atomic E-state index is 12.2. The summed E-state index contributed by atoms with van der Waals surface area (Å²) in [4.78, 5) is 12.2. The molecule has 0 aliphatic heterocycles. The number of benzene rings is 2. The minimum atomic E-state index is -0.499. The second kappa shape index (κ2) is 9.31. The normalized spacial score (nSPS) is 11.7. The highest BCUT2D eigenvalue weighted by Crippen LogP contribution is 2.24. The maximum atomic E-state index is 12.2. The number of methoxy groups -OCH3 is 3. The smallest absolute Gasteiger partial charge is 0.262 e. The number of rotatable bonds is 8. The molecule has 1 amide bonds. The average Bonchev–Trinajstić information content (AvgIpc) is 2.68. The van der Waals surface area contributed by atoms with Crippen molar-refractivity contribution in [2.75, 3.05) is 26.6 Å². The predicted molar refractivity (Wildman–Crippen MR) is 101 cm³/mol. The molecule has 0 aliphatic carbocycles. The van der Waals surface area contributed by atoms with Gasteiger partial charge in [-0.1, -0.05) is 12.1 Å². The van der Waals surface area contributed by atoms with Gasteiger partial charge in [0.05, 0.1) is 33.2 Å². The van der Waals surface area contributed by atoms with Crippen LogP contribution in [0.2, 0.25) is 0 Å². The highest BCUT2D eigenvalue weighted by atomic mass is 16.5. The Morgan fingerprint density at radius 2 is 1.77 bits per heavy atom. The molecule has 0 bridgehead atoms. The first-order chi connectivity index (χ1) is 12.6. The van der Waals surface area contributed by atoms with Crippen LogP contribution < -0.4 is 25.0 Å². The first-order valence-corrected chi connectivity index (χ1v) is 8.03. The third-order valence-corrected chi connectivity index (χ3v) is 3.69. The summed E-state index contributed by atoms with van der Waals surface area (Å²) in [5.41, 5.74) is 3.96. The number of amides is 1. The molecule has 2 aromatic carbocycles. The van der Waals surface area contributed by atoms with Crippen LogP contribution in [0.15, 0.2) is 47.6 Å². The van der Waals surface area contributed by atoms with E-state index in [0.717, 1.165) is 11.3 Å². The van der Waals surface area contributed by atoms with Crippen molar-refractivity contribution in [1.29, 1.82) is 0 Å². The van der Waals surface area contributed by atoms with Crippen LogP contribution >= 0.6 is 0 Å². The van der Waals surface area contributed by atoms with Crippen LogP contribution in [0.5, 0.6) is 17.2 Å². The Labute approximate surface area is 153 Å². The second-order valence-electron chi connectivity index (χ2n) is 5.41. The fourth-order valence-corrected chi connectivity index (χ4v) is 2.25. The molecule has 26 heavy (non-hydrogen) atoms. The van der Waals surface area contributed by atoms with Crippen molar-refractivity contribution in [2.45, 2.75) is 13.0 Å². The predicted octanol–water partition coefficient (Wildman–Crippen LogP) is 2.66. The Bertz CT molecular complexity index is 777. The number of hydrazone groups is 1. The van der Waals surface area contributed by atoms with Gasteiger partial charge in [0.15, 0.2) is 0 Å². The molecule has 0 saturated carbocycles. The van der Waals surface area contributed by atoms with Crippen molar-refractivity contribution >= 4 is 17.8 Å². The van der Waals surface area contributed by atoms with E-state index in [2.05, 4.69) is 15.8 Å². The summed E-state index contributed by atoms with van der Waals surface area (Å²) in [5, 5.41) is 7.09. The molecule has 7 nitrogen and oxygen atoms in total. The van der Waals surface area contributed by atoms with Crippen molar-refractivity contribution in [2.24, 2.45) is 5.10 Å². The second-order valence-corrected chi connectivity index (χ2v) is 5.41. The minimum absolute atomic E-state index is 0.278. The van der Waals surface area contributed by atoms with Gasteiger partial charge >= 0.3 is 0 Å². The largest absolute Gasteiger partial charge is 0.497 e. The SMILES string of the molecule is COc1ccc(/C=N/NC(=O)C(C)Nc2ccccc2OC)c(OC)c1. The monoisotopic (exact) mass is 357 g/mol. The summed E-state index contributed by atoms with van der Waals surface area (Å²) in [5.74, 6) is 1.67. The Kier molecular flexibility index (Phi) is 6.84. The van der Waals surface area contributed by atoms with E-state index in [1.165, 1.54) is 6.21 Å². The van der Waals surface area contributed by atoms with E-state index < -0.39 is 6.04 Å². The lowest BCUT2D eigenvalue weighted by Gasteiger charge is -2.15. The number of carbonyl (C=O) groups excluding carboxylic acids is 1. The third-order valence-electron chi connectivity index (χ3n) is 3.69. The van der Waals surface area contributed by atoms with E-state index in [0.29, 0.717) is 17.2 Å². The van der Waals surface area contributed by atoms with Gasteiger partial charge in [0.1, 0.15) is 23.3 Å². The van der Waals surface area contributed by atoms with Gasteiger partial charge in [-0.05, 0) is 31.2 Å². The van der Waals surface area contributed by atoms with Gasteiger partial charge in [0.2, 0.25) is 0 Å². The average molecular weight is 357 g/mol. The molecular weight excluding hydrogens is 334 g/mol. The maximum Gasteiger partial charge on any atom is 0.262 e. The van der Waals surface area contributed by atoms with Gasteiger partial charge in [-0.15, -0.1) is 0 Å². The topological polar surface area (TPSA) is 81.2 Å². The van der Waals surface area contributed by atoms with Crippen LogP contribution in [0.4, 0.5) is 5.69 Å². The first kappa shape index (κ1) is 19.1. The zero-order chi connectivity index (χ0) is 18.9. The Hall–Kier alpha value is -3.22. The zero-order valence-corrected chi connectivity index (χ0v) is 15.3.